The highest BCUT2D eigenvalue weighted by molar-refractivity contribution is 14.0. The van der Waals surface area contributed by atoms with Gasteiger partial charge >= 0.3 is 0 Å². The Labute approximate surface area is 196 Å². The van der Waals surface area contributed by atoms with E-state index in [1.54, 1.807) is 13.3 Å². The highest BCUT2D eigenvalue weighted by Crippen LogP contribution is 2.20. The number of pyridine rings is 1. The van der Waals surface area contributed by atoms with E-state index in [9.17, 15) is 0 Å². The minimum Gasteiger partial charge on any atom is -0.491 e. The molecule has 8 heteroatoms. The fraction of sp³-hybridized carbons (Fsp3) is 0.455. The number of nitrogens with one attached hydrogen (secondary N) is 2. The molecular formula is C22H33IN4O3. The average molecular weight is 528 g/mol. The number of benzene rings is 1. The Morgan fingerprint density at radius 1 is 1.10 bits per heavy atom. The van der Waals surface area contributed by atoms with Gasteiger partial charge in [0.25, 0.3) is 0 Å². The molecule has 7 nitrogen and oxygen atoms in total. The van der Waals surface area contributed by atoms with E-state index in [2.05, 4.69) is 45.7 Å². The molecule has 0 saturated heterocycles. The van der Waals surface area contributed by atoms with E-state index in [-0.39, 0.29) is 24.0 Å². The third-order valence-electron chi connectivity index (χ3n) is 4.13. The predicted octanol–water partition coefficient (Wildman–Crippen LogP) is 3.69. The molecule has 2 aromatic rings. The van der Waals surface area contributed by atoms with Gasteiger partial charge in [0.05, 0.1) is 20.3 Å². The van der Waals surface area contributed by atoms with Crippen LogP contribution in [-0.4, -0.2) is 44.4 Å². The largest absolute Gasteiger partial charge is 0.491 e. The number of aromatic nitrogens is 1. The van der Waals surface area contributed by atoms with Gasteiger partial charge in [0.1, 0.15) is 12.4 Å². The van der Waals surface area contributed by atoms with Crippen LogP contribution in [0.2, 0.25) is 0 Å². The molecule has 1 aromatic heterocycles. The van der Waals surface area contributed by atoms with Crippen molar-refractivity contribution in [1.29, 1.82) is 0 Å². The molecule has 0 saturated carbocycles. The summed E-state index contributed by atoms with van der Waals surface area (Å²) in [5.41, 5.74) is 3.25. The first-order chi connectivity index (χ1) is 14.2. The monoisotopic (exact) mass is 528 g/mol. The van der Waals surface area contributed by atoms with Crippen LogP contribution in [0, 0.1) is 6.92 Å². The molecule has 1 aromatic carbocycles. The third-order valence-corrected chi connectivity index (χ3v) is 4.13. The maximum Gasteiger partial charge on any atom is 0.212 e. The summed E-state index contributed by atoms with van der Waals surface area (Å²) in [7, 11) is 1.60. The topological polar surface area (TPSA) is 77.0 Å². The number of ether oxygens (including phenoxy) is 3. The zero-order chi connectivity index (χ0) is 20.9. The van der Waals surface area contributed by atoms with Gasteiger partial charge in [-0.1, -0.05) is 18.2 Å². The Morgan fingerprint density at radius 2 is 1.93 bits per heavy atom. The summed E-state index contributed by atoms with van der Waals surface area (Å²) < 4.78 is 16.4. The lowest BCUT2D eigenvalue weighted by molar-refractivity contribution is 0.110. The molecular weight excluding hydrogens is 495 g/mol. The van der Waals surface area contributed by atoms with Crippen LogP contribution in [0.3, 0.4) is 0 Å². The van der Waals surface area contributed by atoms with E-state index < -0.39 is 0 Å². The smallest absolute Gasteiger partial charge is 0.212 e. The van der Waals surface area contributed by atoms with Crippen molar-refractivity contribution in [3.8, 4) is 11.6 Å². The highest BCUT2D eigenvalue weighted by Gasteiger charge is 2.06. The molecule has 0 radical (unpaired) electrons. The first kappa shape index (κ1) is 26.0. The third kappa shape index (κ3) is 9.17. The van der Waals surface area contributed by atoms with Gasteiger partial charge in [-0.25, -0.2) is 9.98 Å². The van der Waals surface area contributed by atoms with Crippen molar-refractivity contribution in [2.75, 3.05) is 33.5 Å². The number of hydrogen-bond acceptors (Lipinski definition) is 5. The Kier molecular flexibility index (Phi) is 12.8. The van der Waals surface area contributed by atoms with Crippen LogP contribution in [-0.2, 0) is 17.8 Å². The molecule has 0 aliphatic carbocycles. The maximum atomic E-state index is 5.92. The zero-order valence-corrected chi connectivity index (χ0v) is 20.6. The van der Waals surface area contributed by atoms with Crippen molar-refractivity contribution in [3.05, 3.63) is 53.2 Å². The Hall–Kier alpha value is -2.07. The van der Waals surface area contributed by atoms with Crippen molar-refractivity contribution in [2.24, 2.45) is 4.99 Å². The van der Waals surface area contributed by atoms with Crippen LogP contribution in [0.25, 0.3) is 0 Å². The van der Waals surface area contributed by atoms with Crippen molar-refractivity contribution < 1.29 is 14.2 Å². The highest BCUT2D eigenvalue weighted by atomic mass is 127. The van der Waals surface area contributed by atoms with E-state index in [0.717, 1.165) is 34.9 Å². The van der Waals surface area contributed by atoms with E-state index in [1.807, 2.05) is 26.0 Å². The van der Waals surface area contributed by atoms with Crippen LogP contribution in [0.1, 0.15) is 30.5 Å². The van der Waals surface area contributed by atoms with E-state index in [0.29, 0.717) is 38.8 Å². The second kappa shape index (κ2) is 14.8. The Balaban J connectivity index is 0.00000450. The number of guanidine groups is 1. The lowest BCUT2D eigenvalue weighted by Gasteiger charge is -2.15. The average Bonchev–Trinajstić information content (AvgIpc) is 2.74. The van der Waals surface area contributed by atoms with Gasteiger partial charge in [-0.2, -0.15) is 0 Å². The number of halogens is 1. The van der Waals surface area contributed by atoms with Crippen LogP contribution >= 0.6 is 24.0 Å². The normalized spacial score (nSPS) is 10.9. The first-order valence-electron chi connectivity index (χ1n) is 9.97. The molecule has 30 heavy (non-hydrogen) atoms. The molecule has 0 aliphatic rings. The SMILES string of the molecule is CCNC(=NCc1ccc(OC)nc1)NCc1ccc(C)cc1OCCOCC.I. The maximum absolute atomic E-state index is 5.92. The second-order valence-corrected chi connectivity index (χ2v) is 6.41. The fourth-order valence-electron chi connectivity index (χ4n) is 2.61. The Bertz CT molecular complexity index is 769. The molecule has 2 N–H and O–H groups in total. The molecule has 0 fully saturated rings. The summed E-state index contributed by atoms with van der Waals surface area (Å²) in [5.74, 6) is 2.20. The number of aliphatic imine (C=N–C) groups is 1. The Morgan fingerprint density at radius 3 is 2.60 bits per heavy atom. The molecule has 0 atom stereocenters. The quantitative estimate of drug-likeness (QED) is 0.201. The number of hydrogen-bond donors (Lipinski definition) is 2. The van der Waals surface area contributed by atoms with Crippen molar-refractivity contribution in [2.45, 2.75) is 33.9 Å². The summed E-state index contributed by atoms with van der Waals surface area (Å²) >= 11 is 0. The number of rotatable bonds is 11. The van der Waals surface area contributed by atoms with Gasteiger partial charge in [0, 0.05) is 37.5 Å². The van der Waals surface area contributed by atoms with Gasteiger partial charge in [-0.15, -0.1) is 24.0 Å². The zero-order valence-electron chi connectivity index (χ0n) is 18.2. The standard InChI is InChI=1S/C22H32N4O3.HI/c1-5-23-22(25-15-18-8-10-21(27-4)24-14-18)26-16-19-9-7-17(3)13-20(19)29-12-11-28-6-2;/h7-10,13-14H,5-6,11-12,15-16H2,1-4H3,(H2,23,25,26);1H. The summed E-state index contributed by atoms with van der Waals surface area (Å²) in [6, 6.07) is 10.0. The molecule has 0 spiro atoms. The molecule has 166 valence electrons. The molecule has 2 rings (SSSR count). The molecule has 0 aliphatic heterocycles. The van der Waals surface area contributed by atoms with Crippen LogP contribution in [0.5, 0.6) is 11.6 Å². The summed E-state index contributed by atoms with van der Waals surface area (Å²) in [4.78, 5) is 8.86. The number of aryl methyl sites for hydroxylation is 1. The lowest BCUT2D eigenvalue weighted by Crippen LogP contribution is -2.36. The minimum absolute atomic E-state index is 0. The van der Waals surface area contributed by atoms with Gasteiger partial charge in [-0.05, 0) is 38.0 Å². The number of methoxy groups -OCH3 is 1. The van der Waals surface area contributed by atoms with Crippen LogP contribution in [0.15, 0.2) is 41.5 Å². The van der Waals surface area contributed by atoms with Gasteiger partial charge in [0.15, 0.2) is 5.96 Å². The van der Waals surface area contributed by atoms with Crippen molar-refractivity contribution in [3.63, 3.8) is 0 Å². The van der Waals surface area contributed by atoms with Crippen molar-refractivity contribution in [1.82, 2.24) is 15.6 Å². The van der Waals surface area contributed by atoms with Crippen LogP contribution in [0.4, 0.5) is 0 Å². The van der Waals surface area contributed by atoms with Crippen molar-refractivity contribution >= 4 is 29.9 Å². The fourth-order valence-corrected chi connectivity index (χ4v) is 2.61. The lowest BCUT2D eigenvalue weighted by atomic mass is 10.1. The van der Waals surface area contributed by atoms with Gasteiger partial charge < -0.3 is 24.8 Å². The molecule has 0 amide bonds. The second-order valence-electron chi connectivity index (χ2n) is 6.41. The molecule has 0 unspecified atom stereocenters. The van der Waals surface area contributed by atoms with E-state index in [1.165, 1.54) is 0 Å². The number of nitrogens with zero attached hydrogens (tertiary/aromatic N) is 2. The van der Waals surface area contributed by atoms with Gasteiger partial charge in [-0.3, -0.25) is 0 Å². The van der Waals surface area contributed by atoms with E-state index >= 15 is 0 Å². The summed E-state index contributed by atoms with van der Waals surface area (Å²) in [6.45, 7) is 9.79. The predicted molar refractivity (Wildman–Crippen MR) is 131 cm³/mol. The van der Waals surface area contributed by atoms with E-state index in [4.69, 9.17) is 14.2 Å². The summed E-state index contributed by atoms with van der Waals surface area (Å²) in [6.07, 6.45) is 1.77. The molecule has 0 bridgehead atoms. The minimum atomic E-state index is 0. The van der Waals surface area contributed by atoms with Gasteiger partial charge in [0.2, 0.25) is 5.88 Å². The molecule has 1 heterocycles. The summed E-state index contributed by atoms with van der Waals surface area (Å²) in [5, 5.41) is 6.64. The van der Waals surface area contributed by atoms with Crippen LogP contribution < -0.4 is 20.1 Å². The first-order valence-corrected chi connectivity index (χ1v) is 9.97.